The van der Waals surface area contributed by atoms with Crippen LogP contribution >= 0.6 is 0 Å². The molecular formula is C17H20N2O2. The van der Waals surface area contributed by atoms with E-state index in [0.717, 1.165) is 18.7 Å². The summed E-state index contributed by atoms with van der Waals surface area (Å²) < 4.78 is 7.36. The van der Waals surface area contributed by atoms with Crippen LogP contribution in [0.25, 0.3) is 0 Å². The Bertz CT molecular complexity index is 673. The normalized spacial score (nSPS) is 13.8. The molecule has 0 aliphatic heterocycles. The predicted octanol–water partition coefficient (Wildman–Crippen LogP) is 2.96. The Morgan fingerprint density at radius 1 is 1.29 bits per heavy atom. The molecule has 0 saturated heterocycles. The quantitative estimate of drug-likeness (QED) is 0.811. The van der Waals surface area contributed by atoms with Crippen LogP contribution in [0.2, 0.25) is 0 Å². The largest absolute Gasteiger partial charge is 0.496 e. The third-order valence-electron chi connectivity index (χ3n) is 4.13. The molecule has 1 aromatic carbocycles. The van der Waals surface area contributed by atoms with Crippen molar-refractivity contribution in [1.82, 2.24) is 9.55 Å². The third kappa shape index (κ3) is 2.58. The number of hydrogen-bond donors (Lipinski definition) is 0. The van der Waals surface area contributed by atoms with E-state index in [4.69, 9.17) is 4.74 Å². The average Bonchev–Trinajstić information content (AvgIpc) is 2.83. The van der Waals surface area contributed by atoms with E-state index >= 15 is 0 Å². The number of Topliss-reactive ketones (excluding diaryl/α,β-unsaturated/α-hetero) is 1. The van der Waals surface area contributed by atoms with Crippen molar-refractivity contribution in [2.24, 2.45) is 0 Å². The fourth-order valence-corrected chi connectivity index (χ4v) is 3.05. The number of rotatable bonds is 4. The number of methoxy groups -OCH3 is 1. The molecule has 0 spiro atoms. The second-order valence-electron chi connectivity index (χ2n) is 5.47. The summed E-state index contributed by atoms with van der Waals surface area (Å²) in [6.07, 6.45) is 4.44. The molecule has 0 saturated carbocycles. The van der Waals surface area contributed by atoms with Gasteiger partial charge in [-0.1, -0.05) is 12.1 Å². The zero-order valence-corrected chi connectivity index (χ0v) is 12.6. The number of carbonyl (C=O) groups is 1. The highest BCUT2D eigenvalue weighted by atomic mass is 16.5. The number of nitrogens with zero attached hydrogens (tertiary/aromatic N) is 2. The average molecular weight is 284 g/mol. The van der Waals surface area contributed by atoms with Gasteiger partial charge in [0.2, 0.25) is 0 Å². The fourth-order valence-electron chi connectivity index (χ4n) is 3.05. The molecule has 2 aromatic rings. The molecule has 1 heterocycles. The van der Waals surface area contributed by atoms with E-state index in [-0.39, 0.29) is 5.78 Å². The van der Waals surface area contributed by atoms with Crippen LogP contribution in [-0.4, -0.2) is 22.4 Å². The van der Waals surface area contributed by atoms with Gasteiger partial charge in [0, 0.05) is 5.69 Å². The number of benzene rings is 1. The molecule has 0 fully saturated rings. The number of imidazole rings is 1. The second-order valence-corrected chi connectivity index (χ2v) is 5.47. The molecule has 0 N–H and O–H groups in total. The Labute approximate surface area is 124 Å². The van der Waals surface area contributed by atoms with E-state index in [1.807, 2.05) is 31.2 Å². The third-order valence-corrected chi connectivity index (χ3v) is 4.13. The van der Waals surface area contributed by atoms with E-state index in [1.165, 1.54) is 24.2 Å². The number of carbonyl (C=O) groups excluding carboxylic acids is 1. The van der Waals surface area contributed by atoms with Crippen molar-refractivity contribution in [3.63, 3.8) is 0 Å². The summed E-state index contributed by atoms with van der Waals surface area (Å²) in [4.78, 5) is 17.2. The first-order valence-electron chi connectivity index (χ1n) is 7.42. The Kier molecular flexibility index (Phi) is 3.78. The summed E-state index contributed by atoms with van der Waals surface area (Å²) in [6.45, 7) is 2.32. The lowest BCUT2D eigenvalue weighted by Crippen LogP contribution is -2.16. The number of hydrogen-bond acceptors (Lipinski definition) is 3. The minimum absolute atomic E-state index is 0.0707. The maximum absolute atomic E-state index is 12.6. The van der Waals surface area contributed by atoms with Gasteiger partial charge in [0.1, 0.15) is 11.6 Å². The molecule has 4 nitrogen and oxygen atoms in total. The number of ketones is 1. The standard InChI is InChI=1S/C17H20N2O2/c1-12-18-14-8-4-5-9-15(14)19(12)11-16(20)13-7-3-6-10-17(13)21-2/h3,6-7,10H,4-5,8-9,11H2,1-2H3. The molecule has 0 unspecified atom stereocenters. The molecule has 1 aromatic heterocycles. The van der Waals surface area contributed by atoms with Gasteiger partial charge in [0.25, 0.3) is 0 Å². The monoisotopic (exact) mass is 284 g/mol. The van der Waals surface area contributed by atoms with Gasteiger partial charge in [-0.05, 0) is 44.7 Å². The fraction of sp³-hybridized carbons (Fsp3) is 0.412. The highest BCUT2D eigenvalue weighted by molar-refractivity contribution is 5.98. The topological polar surface area (TPSA) is 44.1 Å². The summed E-state index contributed by atoms with van der Waals surface area (Å²) in [7, 11) is 1.59. The lowest BCUT2D eigenvalue weighted by atomic mass is 10.0. The highest BCUT2D eigenvalue weighted by Gasteiger charge is 2.21. The zero-order chi connectivity index (χ0) is 14.8. The van der Waals surface area contributed by atoms with Gasteiger partial charge in [0.15, 0.2) is 5.78 Å². The lowest BCUT2D eigenvalue weighted by molar-refractivity contribution is 0.0967. The van der Waals surface area contributed by atoms with E-state index in [2.05, 4.69) is 9.55 Å². The number of aromatic nitrogens is 2. The predicted molar refractivity (Wildman–Crippen MR) is 80.9 cm³/mol. The molecular weight excluding hydrogens is 264 g/mol. The number of fused-ring (bicyclic) bond motifs is 1. The molecule has 0 amide bonds. The van der Waals surface area contributed by atoms with E-state index in [0.29, 0.717) is 17.9 Å². The molecule has 3 rings (SSSR count). The van der Waals surface area contributed by atoms with Crippen LogP contribution < -0.4 is 4.74 Å². The van der Waals surface area contributed by atoms with Gasteiger partial charge in [-0.15, -0.1) is 0 Å². The van der Waals surface area contributed by atoms with Gasteiger partial charge in [0.05, 0.1) is 24.9 Å². The maximum atomic E-state index is 12.6. The summed E-state index contributed by atoms with van der Waals surface area (Å²) in [5.41, 5.74) is 3.05. The van der Waals surface area contributed by atoms with Crippen LogP contribution in [0, 0.1) is 6.92 Å². The number of aryl methyl sites for hydroxylation is 2. The van der Waals surface area contributed by atoms with Crippen molar-refractivity contribution >= 4 is 5.78 Å². The molecule has 0 bridgehead atoms. The van der Waals surface area contributed by atoms with Crippen molar-refractivity contribution in [3.05, 3.63) is 47.0 Å². The van der Waals surface area contributed by atoms with Crippen LogP contribution in [0.4, 0.5) is 0 Å². The first-order valence-corrected chi connectivity index (χ1v) is 7.42. The van der Waals surface area contributed by atoms with E-state index in [1.54, 1.807) is 7.11 Å². The highest BCUT2D eigenvalue weighted by Crippen LogP contribution is 2.24. The molecule has 1 aliphatic rings. The Balaban J connectivity index is 1.90. The second kappa shape index (κ2) is 5.72. The minimum Gasteiger partial charge on any atom is -0.496 e. The van der Waals surface area contributed by atoms with Crippen molar-refractivity contribution in [2.45, 2.75) is 39.2 Å². The maximum Gasteiger partial charge on any atom is 0.186 e. The Morgan fingerprint density at radius 3 is 2.86 bits per heavy atom. The first-order chi connectivity index (χ1) is 10.2. The first kappa shape index (κ1) is 13.9. The van der Waals surface area contributed by atoms with Gasteiger partial charge >= 0.3 is 0 Å². The van der Waals surface area contributed by atoms with Gasteiger partial charge in [-0.3, -0.25) is 4.79 Å². The minimum atomic E-state index is 0.0707. The Morgan fingerprint density at radius 2 is 2.05 bits per heavy atom. The van der Waals surface area contributed by atoms with Crippen molar-refractivity contribution in [3.8, 4) is 5.75 Å². The van der Waals surface area contributed by atoms with Crippen LogP contribution in [0.1, 0.15) is 40.4 Å². The summed E-state index contributed by atoms with van der Waals surface area (Å²) in [5, 5.41) is 0. The SMILES string of the molecule is COc1ccccc1C(=O)Cn1c(C)nc2c1CCCC2. The Hall–Kier alpha value is -2.10. The molecule has 1 aliphatic carbocycles. The van der Waals surface area contributed by atoms with Crippen molar-refractivity contribution < 1.29 is 9.53 Å². The molecule has 0 atom stereocenters. The van der Waals surface area contributed by atoms with Crippen molar-refractivity contribution in [2.75, 3.05) is 7.11 Å². The smallest absolute Gasteiger partial charge is 0.186 e. The molecule has 110 valence electrons. The van der Waals surface area contributed by atoms with Gasteiger partial charge < -0.3 is 9.30 Å². The summed E-state index contributed by atoms with van der Waals surface area (Å²) >= 11 is 0. The molecule has 0 radical (unpaired) electrons. The van der Waals surface area contributed by atoms with Crippen LogP contribution in [0.3, 0.4) is 0 Å². The zero-order valence-electron chi connectivity index (χ0n) is 12.6. The van der Waals surface area contributed by atoms with Crippen molar-refractivity contribution in [1.29, 1.82) is 0 Å². The van der Waals surface area contributed by atoms with Crippen LogP contribution in [0.5, 0.6) is 5.75 Å². The number of ether oxygens (including phenoxy) is 1. The summed E-state index contributed by atoms with van der Waals surface area (Å²) in [5.74, 6) is 1.64. The lowest BCUT2D eigenvalue weighted by Gasteiger charge is -2.15. The van der Waals surface area contributed by atoms with Crippen LogP contribution in [-0.2, 0) is 19.4 Å². The number of para-hydroxylation sites is 1. The van der Waals surface area contributed by atoms with Crippen LogP contribution in [0.15, 0.2) is 24.3 Å². The van der Waals surface area contributed by atoms with Gasteiger partial charge in [-0.25, -0.2) is 4.98 Å². The summed E-state index contributed by atoms with van der Waals surface area (Å²) in [6, 6.07) is 7.38. The molecule has 4 heteroatoms. The van der Waals surface area contributed by atoms with Gasteiger partial charge in [-0.2, -0.15) is 0 Å². The molecule has 21 heavy (non-hydrogen) atoms. The van der Waals surface area contributed by atoms with E-state index < -0.39 is 0 Å². The van der Waals surface area contributed by atoms with E-state index in [9.17, 15) is 4.79 Å².